The fourth-order valence-corrected chi connectivity index (χ4v) is 5.51. The summed E-state index contributed by atoms with van der Waals surface area (Å²) in [5, 5.41) is 2.79. The molecule has 1 aliphatic carbocycles. The van der Waals surface area contributed by atoms with E-state index >= 15 is 0 Å². The van der Waals surface area contributed by atoms with E-state index in [0.717, 1.165) is 24.4 Å². The zero-order valence-corrected chi connectivity index (χ0v) is 16.4. The van der Waals surface area contributed by atoms with Gasteiger partial charge in [-0.3, -0.25) is 4.79 Å². The van der Waals surface area contributed by atoms with Gasteiger partial charge in [0.15, 0.2) is 6.10 Å². The van der Waals surface area contributed by atoms with Crippen LogP contribution in [0.5, 0.6) is 5.75 Å². The monoisotopic (exact) mass is 415 g/mol. The maximum absolute atomic E-state index is 11.1. The quantitative estimate of drug-likeness (QED) is 0.737. The van der Waals surface area contributed by atoms with Crippen LogP contribution in [0.25, 0.3) is 0 Å². The highest BCUT2D eigenvalue weighted by atomic mass is 79.9. The highest BCUT2D eigenvalue weighted by Gasteiger charge is 2.56. The van der Waals surface area contributed by atoms with Crippen LogP contribution in [0.3, 0.4) is 0 Å². The van der Waals surface area contributed by atoms with E-state index in [1.54, 1.807) is 4.90 Å². The summed E-state index contributed by atoms with van der Waals surface area (Å²) < 4.78 is 6.34. The average molecular weight is 416 g/mol. The van der Waals surface area contributed by atoms with E-state index in [1.165, 1.54) is 19.0 Å². The SMILES string of the molecule is CC(=O)Nc1ccc(O[C@@H]2C[C@H]3C[NH+](Cc4ccccc4)[C@@H]2[C@@H]3Br)cc1. The first kappa shape index (κ1) is 17.6. The van der Waals surface area contributed by atoms with Crippen molar-refractivity contribution in [3.63, 3.8) is 0 Å². The molecular formula is C21H24BrN2O2+. The summed E-state index contributed by atoms with van der Waals surface area (Å²) >= 11 is 3.93. The second-order valence-corrected chi connectivity index (χ2v) is 8.41. The Balaban J connectivity index is 1.43. The maximum Gasteiger partial charge on any atom is 0.221 e. The van der Waals surface area contributed by atoms with Crippen LogP contribution >= 0.6 is 15.9 Å². The Kier molecular flexibility index (Phi) is 5.00. The highest BCUT2D eigenvalue weighted by molar-refractivity contribution is 9.09. The average Bonchev–Trinajstić information content (AvgIpc) is 3.08. The van der Waals surface area contributed by atoms with E-state index in [4.69, 9.17) is 4.74 Å². The van der Waals surface area contributed by atoms with Crippen molar-refractivity contribution < 1.29 is 14.4 Å². The number of carbonyl (C=O) groups excluding carboxylic acids is 1. The van der Waals surface area contributed by atoms with E-state index in [1.807, 2.05) is 24.3 Å². The number of anilines is 1. The van der Waals surface area contributed by atoms with Crippen LogP contribution in [-0.4, -0.2) is 29.4 Å². The van der Waals surface area contributed by atoms with Gasteiger partial charge >= 0.3 is 0 Å². The molecule has 2 aliphatic rings. The van der Waals surface area contributed by atoms with E-state index in [2.05, 4.69) is 51.6 Å². The molecule has 1 aliphatic heterocycles. The number of quaternary nitrogens is 1. The number of carbonyl (C=O) groups is 1. The molecule has 0 aromatic heterocycles. The smallest absolute Gasteiger partial charge is 0.221 e. The molecule has 2 aromatic rings. The lowest BCUT2D eigenvalue weighted by atomic mass is 10.1. The molecule has 0 spiro atoms. The molecule has 2 N–H and O–H groups in total. The van der Waals surface area contributed by atoms with Crippen molar-refractivity contribution >= 4 is 27.5 Å². The lowest BCUT2D eigenvalue weighted by Gasteiger charge is -2.30. The van der Waals surface area contributed by atoms with Gasteiger partial charge in [-0.1, -0.05) is 46.3 Å². The zero-order valence-electron chi connectivity index (χ0n) is 14.8. The van der Waals surface area contributed by atoms with Gasteiger partial charge in [0.05, 0.1) is 11.4 Å². The number of amides is 1. The molecule has 1 heterocycles. The summed E-state index contributed by atoms with van der Waals surface area (Å²) in [6.07, 6.45) is 1.33. The van der Waals surface area contributed by atoms with Gasteiger partial charge in [0.1, 0.15) is 18.3 Å². The molecule has 4 nitrogen and oxygen atoms in total. The minimum Gasteiger partial charge on any atom is -0.484 e. The molecule has 2 aromatic carbocycles. The molecule has 26 heavy (non-hydrogen) atoms. The summed E-state index contributed by atoms with van der Waals surface area (Å²) in [4.78, 5) is 13.3. The number of alkyl halides is 1. The standard InChI is InChI=1S/C21H23BrN2O2/c1-14(25)23-17-7-9-18(10-8-17)26-19-11-16-13-24(21(19)20(16)22)12-15-5-3-2-4-6-15/h2-10,16,19-21H,11-13H2,1H3,(H,23,25)/p+1/t16-,19+,20+,21-/m0/s1. The second kappa shape index (κ2) is 7.41. The van der Waals surface area contributed by atoms with Gasteiger partial charge in [0.2, 0.25) is 5.91 Å². The third-order valence-electron chi connectivity index (χ3n) is 5.46. The Morgan fingerprint density at radius 3 is 2.58 bits per heavy atom. The Labute approximate surface area is 162 Å². The van der Waals surface area contributed by atoms with Crippen LogP contribution in [0.15, 0.2) is 54.6 Å². The van der Waals surface area contributed by atoms with Gasteiger partial charge in [-0.2, -0.15) is 0 Å². The molecule has 0 radical (unpaired) electrons. The molecule has 2 bridgehead atoms. The van der Waals surface area contributed by atoms with Crippen LogP contribution in [0, 0.1) is 5.92 Å². The van der Waals surface area contributed by atoms with E-state index < -0.39 is 0 Å². The predicted molar refractivity (Wildman–Crippen MR) is 106 cm³/mol. The molecule has 2 fully saturated rings. The largest absolute Gasteiger partial charge is 0.484 e. The van der Waals surface area contributed by atoms with Crippen molar-refractivity contribution in [2.75, 3.05) is 11.9 Å². The minimum atomic E-state index is -0.0611. The Hall–Kier alpha value is -1.85. The summed E-state index contributed by atoms with van der Waals surface area (Å²) in [5.74, 6) is 1.48. The van der Waals surface area contributed by atoms with Crippen LogP contribution in [0.2, 0.25) is 0 Å². The minimum absolute atomic E-state index is 0.0611. The molecule has 5 atom stereocenters. The second-order valence-electron chi connectivity index (χ2n) is 7.35. The van der Waals surface area contributed by atoms with Crippen molar-refractivity contribution in [3.05, 3.63) is 60.2 Å². The van der Waals surface area contributed by atoms with Gasteiger partial charge < -0.3 is 15.0 Å². The van der Waals surface area contributed by atoms with E-state index in [-0.39, 0.29) is 12.0 Å². The van der Waals surface area contributed by atoms with E-state index in [9.17, 15) is 4.79 Å². The van der Waals surface area contributed by atoms with Gasteiger partial charge in [0.25, 0.3) is 0 Å². The van der Waals surface area contributed by atoms with Gasteiger partial charge in [-0.15, -0.1) is 0 Å². The molecule has 1 amide bonds. The molecule has 136 valence electrons. The van der Waals surface area contributed by atoms with Gasteiger partial charge in [-0.25, -0.2) is 0 Å². The van der Waals surface area contributed by atoms with Gasteiger partial charge in [0, 0.05) is 24.1 Å². The molecule has 4 rings (SSSR count). The molecule has 1 saturated carbocycles. The highest BCUT2D eigenvalue weighted by Crippen LogP contribution is 2.36. The van der Waals surface area contributed by atoms with Crippen molar-refractivity contribution in [3.8, 4) is 5.75 Å². The molecule has 1 unspecified atom stereocenters. The lowest BCUT2D eigenvalue weighted by molar-refractivity contribution is -0.933. The number of piperidine rings is 1. The van der Waals surface area contributed by atoms with Crippen molar-refractivity contribution in [2.45, 2.75) is 36.9 Å². The summed E-state index contributed by atoms with van der Waals surface area (Å²) in [7, 11) is 0. The number of hydrogen-bond acceptors (Lipinski definition) is 2. The van der Waals surface area contributed by atoms with Crippen LogP contribution in [0.4, 0.5) is 5.69 Å². The summed E-state index contributed by atoms with van der Waals surface area (Å²) in [5.41, 5.74) is 2.18. The summed E-state index contributed by atoms with van der Waals surface area (Å²) in [6, 6.07) is 18.8. The normalized spacial score (nSPS) is 29.5. The number of benzene rings is 2. The number of rotatable bonds is 5. The fourth-order valence-electron chi connectivity index (χ4n) is 4.39. The van der Waals surface area contributed by atoms with Crippen LogP contribution < -0.4 is 15.0 Å². The van der Waals surface area contributed by atoms with Crippen molar-refractivity contribution in [2.24, 2.45) is 5.92 Å². The van der Waals surface area contributed by atoms with Crippen LogP contribution in [0.1, 0.15) is 18.9 Å². The maximum atomic E-state index is 11.1. The third-order valence-corrected chi connectivity index (χ3v) is 6.78. The molecule has 1 saturated heterocycles. The Bertz CT molecular complexity index is 765. The number of nitrogens with one attached hydrogen (secondary N) is 2. The predicted octanol–water partition coefficient (Wildman–Crippen LogP) is 2.64. The topological polar surface area (TPSA) is 42.8 Å². The van der Waals surface area contributed by atoms with Crippen LogP contribution in [-0.2, 0) is 11.3 Å². The van der Waals surface area contributed by atoms with Crippen molar-refractivity contribution in [1.29, 1.82) is 0 Å². The number of ether oxygens (including phenoxy) is 1. The third kappa shape index (κ3) is 3.64. The Morgan fingerprint density at radius 2 is 1.92 bits per heavy atom. The first-order chi connectivity index (χ1) is 12.6. The lowest BCUT2D eigenvalue weighted by Crippen LogP contribution is -3.15. The zero-order chi connectivity index (χ0) is 18.1. The van der Waals surface area contributed by atoms with Gasteiger partial charge in [-0.05, 0) is 30.7 Å². The summed E-state index contributed by atoms with van der Waals surface area (Å²) in [6.45, 7) is 3.77. The molecule has 5 heteroatoms. The fraction of sp³-hybridized carbons (Fsp3) is 0.381. The van der Waals surface area contributed by atoms with Crippen molar-refractivity contribution in [1.82, 2.24) is 0 Å². The number of likely N-dealkylation sites (tertiary alicyclic amines) is 1. The molecular weight excluding hydrogens is 392 g/mol. The first-order valence-electron chi connectivity index (χ1n) is 9.17. The number of fused-ring (bicyclic) bond motifs is 2. The number of halogens is 1. The van der Waals surface area contributed by atoms with E-state index in [0.29, 0.717) is 16.8 Å². The first-order valence-corrected chi connectivity index (χ1v) is 10.1. The number of hydrogen-bond donors (Lipinski definition) is 2. The Morgan fingerprint density at radius 1 is 1.19 bits per heavy atom.